The fourth-order valence-electron chi connectivity index (χ4n) is 2.10. The molecule has 2 rings (SSSR count). The molecule has 1 nitrogen and oxygen atoms in total. The second-order valence-corrected chi connectivity index (χ2v) is 4.06. The first-order valence-electron chi connectivity index (χ1n) is 4.72. The average Bonchev–Trinajstić information content (AvgIpc) is 2.41. The third-order valence-electron chi connectivity index (χ3n) is 2.84. The predicted molar refractivity (Wildman–Crippen MR) is 45.5 cm³/mol. The molecule has 2 aliphatic heterocycles. The summed E-state index contributed by atoms with van der Waals surface area (Å²) in [4.78, 5) is 0. The molecule has 0 aromatic heterocycles. The van der Waals surface area contributed by atoms with Crippen molar-refractivity contribution in [3.05, 3.63) is 11.4 Å². The number of fused-ring (bicyclic) bond motifs is 2. The van der Waals surface area contributed by atoms with Crippen LogP contribution in [0.5, 0.6) is 0 Å². The first kappa shape index (κ1) is 8.24. The SMILES string of the molecule is CC(C)C1=C(F)[C@@H]2CC[C@H](C1)O2. The molecular formula is C10H15FO. The van der Waals surface area contributed by atoms with Crippen molar-refractivity contribution in [2.75, 3.05) is 0 Å². The minimum Gasteiger partial charge on any atom is -0.368 e. The van der Waals surface area contributed by atoms with E-state index < -0.39 is 0 Å². The zero-order valence-corrected chi connectivity index (χ0v) is 7.64. The van der Waals surface area contributed by atoms with Crippen LogP contribution in [-0.2, 0) is 4.74 Å². The largest absolute Gasteiger partial charge is 0.368 e. The number of halogens is 1. The van der Waals surface area contributed by atoms with Crippen LogP contribution in [-0.4, -0.2) is 12.2 Å². The molecule has 12 heavy (non-hydrogen) atoms. The first-order chi connectivity index (χ1) is 5.68. The fraction of sp³-hybridized carbons (Fsp3) is 0.800. The van der Waals surface area contributed by atoms with Crippen molar-refractivity contribution in [2.24, 2.45) is 5.92 Å². The van der Waals surface area contributed by atoms with E-state index in [0.29, 0.717) is 12.0 Å². The molecule has 1 saturated heterocycles. The molecule has 0 aliphatic carbocycles. The molecule has 2 aliphatic rings. The third-order valence-corrected chi connectivity index (χ3v) is 2.84. The van der Waals surface area contributed by atoms with Gasteiger partial charge >= 0.3 is 0 Å². The van der Waals surface area contributed by atoms with E-state index in [1.54, 1.807) is 0 Å². The Bertz CT molecular complexity index is 220. The minimum absolute atomic E-state index is 0.0266. The van der Waals surface area contributed by atoms with Gasteiger partial charge in [-0.1, -0.05) is 13.8 Å². The highest BCUT2D eigenvalue weighted by molar-refractivity contribution is 5.20. The van der Waals surface area contributed by atoms with Crippen LogP contribution in [0.3, 0.4) is 0 Å². The summed E-state index contributed by atoms with van der Waals surface area (Å²) in [7, 11) is 0. The van der Waals surface area contributed by atoms with E-state index in [2.05, 4.69) is 13.8 Å². The Morgan fingerprint density at radius 1 is 1.42 bits per heavy atom. The lowest BCUT2D eigenvalue weighted by molar-refractivity contribution is 0.0358. The molecule has 0 N–H and O–H groups in total. The maximum atomic E-state index is 13.5. The lowest BCUT2D eigenvalue weighted by Gasteiger charge is -2.24. The summed E-state index contributed by atoms with van der Waals surface area (Å²) < 4.78 is 19.0. The molecule has 0 amide bonds. The molecule has 2 atom stereocenters. The van der Waals surface area contributed by atoms with Gasteiger partial charge in [0.15, 0.2) is 0 Å². The number of hydrogen-bond acceptors (Lipinski definition) is 1. The van der Waals surface area contributed by atoms with Crippen LogP contribution in [0, 0.1) is 5.92 Å². The van der Waals surface area contributed by atoms with E-state index in [1.165, 1.54) is 0 Å². The van der Waals surface area contributed by atoms with Gasteiger partial charge in [0.05, 0.1) is 6.10 Å². The highest BCUT2D eigenvalue weighted by Crippen LogP contribution is 2.39. The van der Waals surface area contributed by atoms with Gasteiger partial charge in [-0.15, -0.1) is 0 Å². The highest BCUT2D eigenvalue weighted by atomic mass is 19.1. The van der Waals surface area contributed by atoms with Crippen molar-refractivity contribution in [2.45, 2.75) is 45.3 Å². The van der Waals surface area contributed by atoms with Crippen molar-refractivity contribution in [3.63, 3.8) is 0 Å². The van der Waals surface area contributed by atoms with Gasteiger partial charge in [0.1, 0.15) is 11.9 Å². The van der Waals surface area contributed by atoms with Gasteiger partial charge in [0.25, 0.3) is 0 Å². The van der Waals surface area contributed by atoms with Gasteiger partial charge in [0.2, 0.25) is 0 Å². The number of hydrogen-bond donors (Lipinski definition) is 0. The van der Waals surface area contributed by atoms with Crippen LogP contribution < -0.4 is 0 Å². The Hall–Kier alpha value is -0.370. The fourth-order valence-corrected chi connectivity index (χ4v) is 2.10. The quantitative estimate of drug-likeness (QED) is 0.588. The molecule has 0 spiro atoms. The van der Waals surface area contributed by atoms with Gasteiger partial charge in [-0.3, -0.25) is 0 Å². The number of ether oxygens (including phenoxy) is 1. The standard InChI is InChI=1S/C10H15FO/c1-6(2)8-5-7-3-4-9(12-7)10(8)11/h6-7,9H,3-5H2,1-2H3/t7-,9+/m1/s1. The van der Waals surface area contributed by atoms with Gasteiger partial charge in [-0.25, -0.2) is 4.39 Å². The molecule has 0 aromatic rings. The predicted octanol–water partition coefficient (Wildman–Crippen LogP) is 2.82. The van der Waals surface area contributed by atoms with Gasteiger partial charge in [-0.05, 0) is 30.8 Å². The average molecular weight is 170 g/mol. The van der Waals surface area contributed by atoms with Gasteiger partial charge in [0, 0.05) is 0 Å². The zero-order chi connectivity index (χ0) is 8.72. The maximum Gasteiger partial charge on any atom is 0.128 e. The summed E-state index contributed by atoms with van der Waals surface area (Å²) >= 11 is 0. The van der Waals surface area contributed by atoms with Crippen LogP contribution in [0.15, 0.2) is 11.4 Å². The third kappa shape index (κ3) is 1.18. The number of rotatable bonds is 1. The van der Waals surface area contributed by atoms with Crippen molar-refractivity contribution >= 4 is 0 Å². The summed E-state index contributed by atoms with van der Waals surface area (Å²) in [6.45, 7) is 4.11. The van der Waals surface area contributed by atoms with Gasteiger partial charge in [-0.2, -0.15) is 0 Å². The molecular weight excluding hydrogens is 155 g/mol. The van der Waals surface area contributed by atoms with Crippen molar-refractivity contribution in [1.82, 2.24) is 0 Å². The molecule has 2 bridgehead atoms. The van der Waals surface area contributed by atoms with E-state index in [1.807, 2.05) is 0 Å². The van der Waals surface area contributed by atoms with E-state index in [4.69, 9.17) is 4.74 Å². The van der Waals surface area contributed by atoms with Crippen molar-refractivity contribution < 1.29 is 9.13 Å². The van der Waals surface area contributed by atoms with Crippen molar-refractivity contribution in [1.29, 1.82) is 0 Å². The zero-order valence-electron chi connectivity index (χ0n) is 7.64. The molecule has 0 aromatic carbocycles. The van der Waals surface area contributed by atoms with E-state index >= 15 is 0 Å². The Kier molecular flexibility index (Phi) is 1.95. The molecule has 2 heteroatoms. The summed E-state index contributed by atoms with van der Waals surface area (Å²) in [5, 5.41) is 0. The lowest BCUT2D eigenvalue weighted by atomic mass is 9.95. The second kappa shape index (κ2) is 2.84. The summed E-state index contributed by atoms with van der Waals surface area (Å²) in [5.74, 6) is 0.371. The van der Waals surface area contributed by atoms with E-state index in [9.17, 15) is 4.39 Å². The Labute approximate surface area is 72.6 Å². The van der Waals surface area contributed by atoms with Gasteiger partial charge < -0.3 is 4.74 Å². The molecule has 0 unspecified atom stereocenters. The van der Waals surface area contributed by atoms with Crippen LogP contribution >= 0.6 is 0 Å². The molecule has 2 heterocycles. The summed E-state index contributed by atoms with van der Waals surface area (Å²) in [6.07, 6.45) is 2.86. The Morgan fingerprint density at radius 3 is 2.83 bits per heavy atom. The molecule has 68 valence electrons. The monoisotopic (exact) mass is 170 g/mol. The molecule has 0 radical (unpaired) electrons. The second-order valence-electron chi connectivity index (χ2n) is 4.06. The van der Waals surface area contributed by atoms with E-state index in [0.717, 1.165) is 24.8 Å². The molecule has 1 fully saturated rings. The Balaban J connectivity index is 2.26. The first-order valence-corrected chi connectivity index (χ1v) is 4.72. The van der Waals surface area contributed by atoms with Crippen LogP contribution in [0.2, 0.25) is 0 Å². The van der Waals surface area contributed by atoms with Crippen molar-refractivity contribution in [3.8, 4) is 0 Å². The highest BCUT2D eigenvalue weighted by Gasteiger charge is 2.36. The lowest BCUT2D eigenvalue weighted by Crippen LogP contribution is -2.21. The topological polar surface area (TPSA) is 9.23 Å². The summed E-state index contributed by atoms with van der Waals surface area (Å²) in [6, 6.07) is 0. The smallest absolute Gasteiger partial charge is 0.128 e. The normalized spacial score (nSPS) is 35.0. The summed E-state index contributed by atoms with van der Waals surface area (Å²) in [5.41, 5.74) is 0.994. The minimum atomic E-state index is -0.193. The van der Waals surface area contributed by atoms with E-state index in [-0.39, 0.29) is 11.9 Å². The molecule has 0 saturated carbocycles. The maximum absolute atomic E-state index is 13.5. The van der Waals surface area contributed by atoms with Crippen LogP contribution in [0.1, 0.15) is 33.1 Å². The Morgan fingerprint density at radius 2 is 2.17 bits per heavy atom. The van der Waals surface area contributed by atoms with Crippen LogP contribution in [0.4, 0.5) is 4.39 Å². The van der Waals surface area contributed by atoms with Crippen LogP contribution in [0.25, 0.3) is 0 Å².